The van der Waals surface area contributed by atoms with Crippen molar-refractivity contribution in [3.05, 3.63) is 68.4 Å². The normalized spacial score (nSPS) is 12.5. The molecule has 2 aromatic carbocycles. The van der Waals surface area contributed by atoms with E-state index in [1.54, 1.807) is 24.3 Å². The van der Waals surface area contributed by atoms with Crippen LogP contribution in [0, 0.1) is 5.82 Å². The van der Waals surface area contributed by atoms with Crippen LogP contribution in [-0.4, -0.2) is 5.11 Å². The molecule has 0 bridgehead atoms. The van der Waals surface area contributed by atoms with Crippen LogP contribution < -0.4 is 0 Å². The van der Waals surface area contributed by atoms with E-state index in [1.165, 1.54) is 12.1 Å². The number of aliphatic hydroxyl groups is 1. The average Bonchev–Trinajstić information content (AvgIpc) is 2.37. The average molecular weight is 320 g/mol. The standard InChI is InChI=1S/C14H10Cl3FO/c15-10-5-4-8(6-11(10)16)7-13(19)9-2-1-3-12(18)14(9)17/h1-6,13,19H,7H2. The molecule has 100 valence electrons. The molecule has 5 heteroatoms. The first-order chi connectivity index (χ1) is 8.99. The lowest BCUT2D eigenvalue weighted by molar-refractivity contribution is 0.178. The van der Waals surface area contributed by atoms with Crippen LogP contribution in [0.2, 0.25) is 15.1 Å². The van der Waals surface area contributed by atoms with E-state index in [0.29, 0.717) is 15.6 Å². The fraction of sp³-hybridized carbons (Fsp3) is 0.143. The summed E-state index contributed by atoms with van der Waals surface area (Å²) in [5, 5.41) is 10.9. The third-order valence-electron chi connectivity index (χ3n) is 2.75. The molecule has 0 aliphatic heterocycles. The van der Waals surface area contributed by atoms with E-state index in [1.807, 2.05) is 0 Å². The van der Waals surface area contributed by atoms with Crippen molar-refractivity contribution in [2.75, 3.05) is 0 Å². The summed E-state index contributed by atoms with van der Waals surface area (Å²) in [6.45, 7) is 0. The van der Waals surface area contributed by atoms with Gasteiger partial charge in [0, 0.05) is 12.0 Å². The van der Waals surface area contributed by atoms with Crippen molar-refractivity contribution in [1.29, 1.82) is 0 Å². The van der Waals surface area contributed by atoms with Gasteiger partial charge in [-0.05, 0) is 23.8 Å². The molecule has 2 rings (SSSR count). The molecular weight excluding hydrogens is 310 g/mol. The second-order valence-corrected chi connectivity index (χ2v) is 5.30. The number of aliphatic hydroxyl groups excluding tert-OH is 1. The minimum atomic E-state index is -0.902. The van der Waals surface area contributed by atoms with Crippen LogP contribution >= 0.6 is 34.8 Å². The minimum Gasteiger partial charge on any atom is -0.388 e. The number of benzene rings is 2. The highest BCUT2D eigenvalue weighted by atomic mass is 35.5. The molecule has 1 N–H and O–H groups in total. The molecular formula is C14H10Cl3FO. The summed E-state index contributed by atoms with van der Waals surface area (Å²) in [5.74, 6) is -0.549. The Morgan fingerprint density at radius 2 is 1.79 bits per heavy atom. The van der Waals surface area contributed by atoms with Gasteiger partial charge in [0.1, 0.15) is 5.82 Å². The number of halogens is 4. The van der Waals surface area contributed by atoms with Gasteiger partial charge in [0.15, 0.2) is 0 Å². The van der Waals surface area contributed by atoms with E-state index >= 15 is 0 Å². The third-order valence-corrected chi connectivity index (χ3v) is 3.89. The molecule has 0 amide bonds. The second-order valence-electron chi connectivity index (χ2n) is 4.11. The second kappa shape index (κ2) is 6.10. The Bertz CT molecular complexity index is 601. The zero-order valence-electron chi connectivity index (χ0n) is 9.71. The van der Waals surface area contributed by atoms with Gasteiger partial charge in [-0.25, -0.2) is 4.39 Å². The molecule has 0 aliphatic carbocycles. The van der Waals surface area contributed by atoms with Crippen LogP contribution in [-0.2, 0) is 6.42 Å². The number of hydrogen-bond donors (Lipinski definition) is 1. The maximum absolute atomic E-state index is 13.3. The van der Waals surface area contributed by atoms with Crippen molar-refractivity contribution >= 4 is 34.8 Å². The van der Waals surface area contributed by atoms with Crippen LogP contribution in [0.4, 0.5) is 4.39 Å². The van der Waals surface area contributed by atoms with Gasteiger partial charge in [0.25, 0.3) is 0 Å². The Kier molecular flexibility index (Phi) is 4.69. The summed E-state index contributed by atoms with van der Waals surface area (Å²) in [4.78, 5) is 0. The molecule has 19 heavy (non-hydrogen) atoms. The van der Waals surface area contributed by atoms with Crippen molar-refractivity contribution in [1.82, 2.24) is 0 Å². The van der Waals surface area contributed by atoms with Gasteiger partial charge in [0.05, 0.1) is 21.2 Å². The van der Waals surface area contributed by atoms with Crippen LogP contribution in [0.5, 0.6) is 0 Å². The van der Waals surface area contributed by atoms with E-state index in [0.717, 1.165) is 5.56 Å². The first-order valence-electron chi connectivity index (χ1n) is 5.55. The highest BCUT2D eigenvalue weighted by Gasteiger charge is 2.15. The van der Waals surface area contributed by atoms with E-state index < -0.39 is 11.9 Å². The van der Waals surface area contributed by atoms with Gasteiger partial charge in [-0.2, -0.15) is 0 Å². The SMILES string of the molecule is OC(Cc1ccc(Cl)c(Cl)c1)c1cccc(F)c1Cl. The summed E-state index contributed by atoms with van der Waals surface area (Å²) in [5.41, 5.74) is 1.15. The summed E-state index contributed by atoms with van der Waals surface area (Å²) < 4.78 is 13.3. The molecule has 1 unspecified atom stereocenters. The third kappa shape index (κ3) is 3.40. The lowest BCUT2D eigenvalue weighted by Gasteiger charge is -2.13. The molecule has 1 atom stereocenters. The van der Waals surface area contributed by atoms with Gasteiger partial charge in [-0.3, -0.25) is 0 Å². The molecule has 0 aromatic heterocycles. The fourth-order valence-corrected chi connectivity index (χ4v) is 2.35. The predicted octanol–water partition coefficient (Wildman–Crippen LogP) is 5.06. The molecule has 2 aromatic rings. The summed E-state index contributed by atoms with van der Waals surface area (Å²) >= 11 is 17.5. The van der Waals surface area contributed by atoms with Gasteiger partial charge in [-0.1, -0.05) is 53.0 Å². The van der Waals surface area contributed by atoms with Crippen molar-refractivity contribution in [2.24, 2.45) is 0 Å². The molecule has 0 spiro atoms. The van der Waals surface area contributed by atoms with E-state index in [-0.39, 0.29) is 11.4 Å². The maximum atomic E-state index is 13.3. The lowest BCUT2D eigenvalue weighted by atomic mass is 10.0. The summed E-state index contributed by atoms with van der Waals surface area (Å²) in [7, 11) is 0. The molecule has 0 aliphatic rings. The van der Waals surface area contributed by atoms with Gasteiger partial charge >= 0.3 is 0 Å². The summed E-state index contributed by atoms with van der Waals surface area (Å²) in [6, 6.07) is 9.42. The van der Waals surface area contributed by atoms with Crippen LogP contribution in [0.1, 0.15) is 17.2 Å². The molecule has 1 nitrogen and oxygen atoms in total. The van der Waals surface area contributed by atoms with Crippen LogP contribution in [0.25, 0.3) is 0 Å². The Morgan fingerprint density at radius 1 is 1.05 bits per heavy atom. The molecule has 0 radical (unpaired) electrons. The first kappa shape index (κ1) is 14.6. The zero-order chi connectivity index (χ0) is 14.0. The number of rotatable bonds is 3. The summed E-state index contributed by atoms with van der Waals surface area (Å²) in [6.07, 6.45) is -0.625. The minimum absolute atomic E-state index is 0.0601. The van der Waals surface area contributed by atoms with Crippen LogP contribution in [0.3, 0.4) is 0 Å². The number of hydrogen-bond acceptors (Lipinski definition) is 1. The monoisotopic (exact) mass is 318 g/mol. The predicted molar refractivity (Wildman–Crippen MR) is 76.5 cm³/mol. The largest absolute Gasteiger partial charge is 0.388 e. The van der Waals surface area contributed by atoms with Crippen molar-refractivity contribution in [3.8, 4) is 0 Å². The molecule has 0 heterocycles. The zero-order valence-corrected chi connectivity index (χ0v) is 12.0. The molecule has 0 saturated heterocycles. The van der Waals surface area contributed by atoms with Crippen molar-refractivity contribution in [3.63, 3.8) is 0 Å². The Morgan fingerprint density at radius 3 is 2.47 bits per heavy atom. The van der Waals surface area contributed by atoms with Gasteiger partial charge in [-0.15, -0.1) is 0 Å². The van der Waals surface area contributed by atoms with Crippen LogP contribution in [0.15, 0.2) is 36.4 Å². The quantitative estimate of drug-likeness (QED) is 0.838. The van der Waals surface area contributed by atoms with Gasteiger partial charge < -0.3 is 5.11 Å². The Hall–Kier alpha value is -0.800. The topological polar surface area (TPSA) is 20.2 Å². The molecule has 0 saturated carbocycles. The first-order valence-corrected chi connectivity index (χ1v) is 6.68. The van der Waals surface area contributed by atoms with Crippen molar-refractivity contribution < 1.29 is 9.50 Å². The molecule has 0 fully saturated rings. The van der Waals surface area contributed by atoms with Crippen molar-refractivity contribution in [2.45, 2.75) is 12.5 Å². The highest BCUT2D eigenvalue weighted by molar-refractivity contribution is 6.42. The maximum Gasteiger partial charge on any atom is 0.142 e. The van der Waals surface area contributed by atoms with E-state index in [9.17, 15) is 9.50 Å². The highest BCUT2D eigenvalue weighted by Crippen LogP contribution is 2.29. The van der Waals surface area contributed by atoms with E-state index in [2.05, 4.69) is 0 Å². The Labute approximate surface area is 125 Å². The fourth-order valence-electron chi connectivity index (χ4n) is 1.78. The Balaban J connectivity index is 2.23. The van der Waals surface area contributed by atoms with E-state index in [4.69, 9.17) is 34.8 Å². The smallest absolute Gasteiger partial charge is 0.142 e. The lowest BCUT2D eigenvalue weighted by Crippen LogP contribution is -2.03. The van der Waals surface area contributed by atoms with Gasteiger partial charge in [0.2, 0.25) is 0 Å².